The Morgan fingerprint density at radius 2 is 1.15 bits per heavy atom. The summed E-state index contributed by atoms with van der Waals surface area (Å²) in [6.07, 6.45) is 17.4. The summed E-state index contributed by atoms with van der Waals surface area (Å²) in [5, 5.41) is 1.18. The second-order valence-corrected chi connectivity index (χ2v) is 15.4. The Morgan fingerprint density at radius 3 is 1.75 bits per heavy atom. The predicted octanol–water partition coefficient (Wildman–Crippen LogP) is 17.6. The van der Waals surface area contributed by atoms with Crippen LogP contribution in [0.15, 0.2) is 192 Å². The Labute approximate surface area is 366 Å². The third kappa shape index (κ3) is 10.3. The molecule has 1 atom stereocenters. The average molecular weight is 802 g/mol. The molecular weight excluding hydrogens is 739 g/mol. The Bertz CT molecular complexity index is 2630. The van der Waals surface area contributed by atoms with Crippen LogP contribution in [0.25, 0.3) is 44.3 Å². The van der Waals surface area contributed by atoms with E-state index in [4.69, 9.17) is 4.42 Å². The summed E-state index contributed by atoms with van der Waals surface area (Å²) < 4.78 is 6.24. The monoisotopic (exact) mass is 801 g/mol. The van der Waals surface area contributed by atoms with E-state index in [0.29, 0.717) is 5.92 Å². The SMILES string of the molecule is CC.CC.Cc1ccccc1.Cc1ccccc1-c1cc(-c2ccc(N(C3=CCC(C4=CCCC=C4)C=C3)c3ccc(-c4cccc5c(C)c(C)oc45)cc3)cc2)ccc1C. The van der Waals surface area contributed by atoms with Gasteiger partial charge in [-0.05, 0) is 140 Å². The molecule has 2 aliphatic rings. The summed E-state index contributed by atoms with van der Waals surface area (Å²) in [6, 6.07) is 50.2. The summed E-state index contributed by atoms with van der Waals surface area (Å²) in [5.74, 6) is 1.40. The van der Waals surface area contributed by atoms with Crippen molar-refractivity contribution in [2.24, 2.45) is 5.92 Å². The van der Waals surface area contributed by atoms with Crippen LogP contribution in [0.4, 0.5) is 11.4 Å². The number of rotatable bonds is 7. The van der Waals surface area contributed by atoms with E-state index in [0.717, 1.165) is 53.1 Å². The van der Waals surface area contributed by atoms with Crippen molar-refractivity contribution in [1.82, 2.24) is 0 Å². The smallest absolute Gasteiger partial charge is 0.142 e. The van der Waals surface area contributed by atoms with Crippen molar-refractivity contribution in [3.05, 3.63) is 215 Å². The molecule has 0 spiro atoms. The van der Waals surface area contributed by atoms with Gasteiger partial charge in [-0.1, -0.05) is 173 Å². The largest absolute Gasteiger partial charge is 0.460 e. The number of benzene rings is 6. The maximum Gasteiger partial charge on any atom is 0.142 e. The van der Waals surface area contributed by atoms with Crippen LogP contribution < -0.4 is 4.90 Å². The van der Waals surface area contributed by atoms with Crippen LogP contribution in [0, 0.1) is 40.5 Å². The third-order valence-electron chi connectivity index (χ3n) is 11.5. The predicted molar refractivity (Wildman–Crippen MR) is 266 cm³/mol. The highest BCUT2D eigenvalue weighted by molar-refractivity contribution is 5.95. The van der Waals surface area contributed by atoms with Gasteiger partial charge in [0.15, 0.2) is 0 Å². The zero-order valence-electron chi connectivity index (χ0n) is 37.8. The molecule has 2 heteroatoms. The Balaban J connectivity index is 0.000000504. The van der Waals surface area contributed by atoms with Gasteiger partial charge in [-0.3, -0.25) is 0 Å². The van der Waals surface area contributed by atoms with Crippen LogP contribution in [-0.4, -0.2) is 0 Å². The molecule has 310 valence electrons. The molecule has 0 bridgehead atoms. The fourth-order valence-corrected chi connectivity index (χ4v) is 8.06. The standard InChI is InChI=1S/C48H43NO.C7H8.2C2H6/c1-32-11-8-9-14-44(32)47-31-40(18-17-33(47)2)38-21-27-42(28-22-38)49(41-25-19-37(20-26-41)36-12-6-5-7-13-36)43-29-23-39(24-30-43)46-16-10-15-45-34(3)35(4)50-48(45)46;1-7-5-3-2-4-6-7;2*1-2/h6,8-19,21-31,37H,5,7,20H2,1-4H3;2-6H,1H3;2*1-2H3. The van der Waals surface area contributed by atoms with Gasteiger partial charge in [0.05, 0.1) is 0 Å². The molecule has 0 saturated heterocycles. The van der Waals surface area contributed by atoms with Gasteiger partial charge >= 0.3 is 0 Å². The van der Waals surface area contributed by atoms with E-state index in [2.05, 4.69) is 190 Å². The Kier molecular flexibility index (Phi) is 15.4. The van der Waals surface area contributed by atoms with Gasteiger partial charge in [-0.2, -0.15) is 0 Å². The first-order chi connectivity index (χ1) is 29.8. The number of para-hydroxylation sites is 1. The minimum absolute atomic E-state index is 0.423. The lowest BCUT2D eigenvalue weighted by Gasteiger charge is -2.30. The van der Waals surface area contributed by atoms with Crippen molar-refractivity contribution in [2.75, 3.05) is 4.90 Å². The molecule has 1 heterocycles. The Hall–Kier alpha value is -6.38. The highest BCUT2D eigenvalue weighted by atomic mass is 16.3. The molecule has 61 heavy (non-hydrogen) atoms. The number of aryl methyl sites for hydroxylation is 5. The number of anilines is 2. The molecule has 0 N–H and O–H groups in total. The molecule has 1 aromatic heterocycles. The van der Waals surface area contributed by atoms with Gasteiger partial charge in [0, 0.05) is 33.9 Å². The van der Waals surface area contributed by atoms with Crippen molar-refractivity contribution >= 4 is 22.3 Å². The maximum absolute atomic E-state index is 6.24. The lowest BCUT2D eigenvalue weighted by Crippen LogP contribution is -2.18. The van der Waals surface area contributed by atoms with Gasteiger partial charge in [0.25, 0.3) is 0 Å². The summed E-state index contributed by atoms with van der Waals surface area (Å²) in [6.45, 7) is 18.7. The van der Waals surface area contributed by atoms with E-state index >= 15 is 0 Å². The number of nitrogens with zero attached hydrogens (tertiary/aromatic N) is 1. The molecule has 6 aromatic carbocycles. The molecule has 0 saturated carbocycles. The van der Waals surface area contributed by atoms with E-state index in [-0.39, 0.29) is 0 Å². The van der Waals surface area contributed by atoms with Crippen LogP contribution in [0.5, 0.6) is 0 Å². The van der Waals surface area contributed by atoms with Crippen molar-refractivity contribution < 1.29 is 4.42 Å². The second-order valence-electron chi connectivity index (χ2n) is 15.4. The molecule has 0 fully saturated rings. The molecular formula is C59H63NO. The molecule has 7 aromatic rings. The first-order valence-electron chi connectivity index (χ1n) is 22.3. The highest BCUT2D eigenvalue weighted by Gasteiger charge is 2.20. The third-order valence-corrected chi connectivity index (χ3v) is 11.5. The van der Waals surface area contributed by atoms with Crippen LogP contribution in [0.2, 0.25) is 0 Å². The van der Waals surface area contributed by atoms with Crippen molar-refractivity contribution in [2.45, 2.75) is 81.6 Å². The fourth-order valence-electron chi connectivity index (χ4n) is 8.06. The molecule has 1 unspecified atom stereocenters. The van der Waals surface area contributed by atoms with Crippen LogP contribution in [0.1, 0.15) is 75.0 Å². The average Bonchev–Trinajstić information content (AvgIpc) is 3.62. The number of hydrogen-bond donors (Lipinski definition) is 0. The minimum atomic E-state index is 0.423. The normalized spacial score (nSPS) is 14.0. The molecule has 2 aliphatic carbocycles. The quantitative estimate of drug-likeness (QED) is 0.160. The van der Waals surface area contributed by atoms with E-state index in [1.54, 1.807) is 0 Å². The van der Waals surface area contributed by atoms with Gasteiger partial charge in [0.2, 0.25) is 0 Å². The summed E-state index contributed by atoms with van der Waals surface area (Å²) in [5.41, 5.74) is 18.2. The van der Waals surface area contributed by atoms with Crippen molar-refractivity contribution in [3.63, 3.8) is 0 Å². The fraction of sp³-hybridized carbons (Fsp3) is 0.220. The molecule has 9 rings (SSSR count). The number of fused-ring (bicyclic) bond motifs is 1. The van der Waals surface area contributed by atoms with Crippen molar-refractivity contribution in [1.29, 1.82) is 0 Å². The first-order valence-corrected chi connectivity index (χ1v) is 22.3. The zero-order chi connectivity index (χ0) is 43.3. The summed E-state index contributed by atoms with van der Waals surface area (Å²) in [4.78, 5) is 2.39. The molecule has 2 nitrogen and oxygen atoms in total. The lowest BCUT2D eigenvalue weighted by molar-refractivity contribution is 0.576. The summed E-state index contributed by atoms with van der Waals surface area (Å²) >= 11 is 0. The van der Waals surface area contributed by atoms with Gasteiger partial charge < -0.3 is 9.32 Å². The van der Waals surface area contributed by atoms with E-state index in [1.165, 1.54) is 61.2 Å². The zero-order valence-corrected chi connectivity index (χ0v) is 37.8. The van der Waals surface area contributed by atoms with E-state index in [1.807, 2.05) is 52.8 Å². The lowest BCUT2D eigenvalue weighted by atomic mass is 9.88. The van der Waals surface area contributed by atoms with Gasteiger partial charge in [-0.25, -0.2) is 0 Å². The molecule has 0 aliphatic heterocycles. The van der Waals surface area contributed by atoms with Crippen molar-refractivity contribution in [3.8, 4) is 33.4 Å². The Morgan fingerprint density at radius 1 is 0.525 bits per heavy atom. The van der Waals surface area contributed by atoms with Gasteiger partial charge in [0.1, 0.15) is 11.3 Å². The van der Waals surface area contributed by atoms with Crippen LogP contribution in [0.3, 0.4) is 0 Å². The second kappa shape index (κ2) is 21.2. The molecule has 0 radical (unpaired) electrons. The van der Waals surface area contributed by atoms with Gasteiger partial charge in [-0.15, -0.1) is 0 Å². The van der Waals surface area contributed by atoms with E-state index < -0.39 is 0 Å². The summed E-state index contributed by atoms with van der Waals surface area (Å²) in [7, 11) is 0. The van der Waals surface area contributed by atoms with Crippen LogP contribution in [-0.2, 0) is 0 Å². The highest BCUT2D eigenvalue weighted by Crippen LogP contribution is 2.39. The molecule has 0 amide bonds. The van der Waals surface area contributed by atoms with Crippen LogP contribution >= 0.6 is 0 Å². The number of furan rings is 1. The topological polar surface area (TPSA) is 16.4 Å². The first kappa shape index (κ1) is 44.2. The minimum Gasteiger partial charge on any atom is -0.460 e. The maximum atomic E-state index is 6.24. The van der Waals surface area contributed by atoms with E-state index in [9.17, 15) is 0 Å². The number of hydrogen-bond acceptors (Lipinski definition) is 2. The number of allylic oxidation sites excluding steroid dienone is 7.